The molecule has 108 valence electrons. The summed E-state index contributed by atoms with van der Waals surface area (Å²) in [4.78, 5) is 0. The maximum Gasteiger partial charge on any atom is 0.145 e. The minimum Gasteiger partial charge on any atom is -0.456 e. The van der Waals surface area contributed by atoms with Gasteiger partial charge in [0, 0.05) is 5.33 Å². The molecule has 21 heavy (non-hydrogen) atoms. The molecule has 0 unspecified atom stereocenters. The van der Waals surface area contributed by atoms with E-state index >= 15 is 0 Å². The number of halogens is 1. The first-order valence-corrected chi connectivity index (χ1v) is 7.93. The highest BCUT2D eigenvalue weighted by molar-refractivity contribution is 9.08. The van der Waals surface area contributed by atoms with Gasteiger partial charge in [0.25, 0.3) is 0 Å². The molecule has 0 amide bonds. The van der Waals surface area contributed by atoms with E-state index in [4.69, 9.17) is 4.74 Å². The van der Waals surface area contributed by atoms with E-state index in [-0.39, 0.29) is 5.41 Å². The van der Waals surface area contributed by atoms with Crippen molar-refractivity contribution >= 4 is 15.9 Å². The molecule has 0 aromatic heterocycles. The molecule has 0 aliphatic heterocycles. The van der Waals surface area contributed by atoms with Crippen molar-refractivity contribution in [3.8, 4) is 17.6 Å². The lowest BCUT2D eigenvalue weighted by Crippen LogP contribution is -2.10. The van der Waals surface area contributed by atoms with Gasteiger partial charge in [-0.3, -0.25) is 0 Å². The van der Waals surface area contributed by atoms with Gasteiger partial charge >= 0.3 is 0 Å². The molecule has 0 aliphatic carbocycles. The van der Waals surface area contributed by atoms with Crippen molar-refractivity contribution in [1.82, 2.24) is 0 Å². The number of nitrogens with zero attached hydrogens (tertiary/aromatic N) is 1. The fourth-order valence-corrected chi connectivity index (χ4v) is 2.34. The Kier molecular flexibility index (Phi) is 4.69. The summed E-state index contributed by atoms with van der Waals surface area (Å²) in [7, 11) is 0. The second-order valence-electron chi connectivity index (χ2n) is 5.96. The van der Waals surface area contributed by atoms with Gasteiger partial charge in [0.1, 0.15) is 17.6 Å². The summed E-state index contributed by atoms with van der Waals surface area (Å²) in [6.07, 6.45) is 0. The molecule has 2 aromatic carbocycles. The van der Waals surface area contributed by atoms with Crippen LogP contribution in [-0.4, -0.2) is 0 Å². The zero-order valence-electron chi connectivity index (χ0n) is 12.5. The second kappa shape index (κ2) is 6.32. The molecule has 0 saturated carbocycles. The standard InChI is InChI=1S/C18H18BrNO/c1-18(2,3)15-5-4-6-16(10-15)21-17-8-7-13(11-19)9-14(17)12-20/h4-10H,11H2,1-3H3. The van der Waals surface area contributed by atoms with Crippen molar-refractivity contribution in [3.63, 3.8) is 0 Å². The van der Waals surface area contributed by atoms with Crippen molar-refractivity contribution in [2.45, 2.75) is 31.5 Å². The molecule has 0 saturated heterocycles. The first-order chi connectivity index (χ1) is 9.94. The lowest BCUT2D eigenvalue weighted by atomic mass is 9.87. The van der Waals surface area contributed by atoms with Crippen LogP contribution in [0.5, 0.6) is 11.5 Å². The van der Waals surface area contributed by atoms with Crippen LogP contribution in [-0.2, 0) is 10.7 Å². The van der Waals surface area contributed by atoms with Crippen LogP contribution < -0.4 is 4.74 Å². The Morgan fingerprint density at radius 1 is 1.14 bits per heavy atom. The van der Waals surface area contributed by atoms with E-state index in [1.165, 1.54) is 5.56 Å². The number of nitriles is 1. The SMILES string of the molecule is CC(C)(C)c1cccc(Oc2ccc(CBr)cc2C#N)c1. The van der Waals surface area contributed by atoms with Gasteiger partial charge in [-0.15, -0.1) is 0 Å². The van der Waals surface area contributed by atoms with Crippen LogP contribution in [0.4, 0.5) is 0 Å². The van der Waals surface area contributed by atoms with Crippen LogP contribution >= 0.6 is 15.9 Å². The van der Waals surface area contributed by atoms with Crippen molar-refractivity contribution in [2.24, 2.45) is 0 Å². The van der Waals surface area contributed by atoms with Gasteiger partial charge in [0.05, 0.1) is 5.56 Å². The molecule has 2 rings (SSSR count). The zero-order valence-corrected chi connectivity index (χ0v) is 14.1. The van der Waals surface area contributed by atoms with E-state index in [0.717, 1.165) is 16.6 Å². The summed E-state index contributed by atoms with van der Waals surface area (Å²) in [5.41, 5.74) is 2.88. The molecule has 0 spiro atoms. The van der Waals surface area contributed by atoms with Crippen molar-refractivity contribution in [1.29, 1.82) is 5.26 Å². The third-order valence-electron chi connectivity index (χ3n) is 3.25. The number of hydrogen-bond donors (Lipinski definition) is 0. The Morgan fingerprint density at radius 2 is 1.90 bits per heavy atom. The Balaban J connectivity index is 2.33. The Labute approximate surface area is 134 Å². The maximum absolute atomic E-state index is 9.25. The molecule has 0 heterocycles. The maximum atomic E-state index is 9.25. The lowest BCUT2D eigenvalue weighted by molar-refractivity contribution is 0.477. The molecular weight excluding hydrogens is 326 g/mol. The van der Waals surface area contributed by atoms with Crippen LogP contribution in [0.15, 0.2) is 42.5 Å². The van der Waals surface area contributed by atoms with Crippen LogP contribution in [0.25, 0.3) is 0 Å². The number of hydrogen-bond acceptors (Lipinski definition) is 2. The zero-order chi connectivity index (χ0) is 15.5. The molecular formula is C18H18BrNO. The van der Waals surface area contributed by atoms with Gasteiger partial charge in [0.2, 0.25) is 0 Å². The van der Waals surface area contributed by atoms with Crippen LogP contribution in [0, 0.1) is 11.3 Å². The highest BCUT2D eigenvalue weighted by Crippen LogP contribution is 2.30. The van der Waals surface area contributed by atoms with Gasteiger partial charge in [0.15, 0.2) is 0 Å². The average molecular weight is 344 g/mol. The minimum absolute atomic E-state index is 0.0667. The molecule has 0 N–H and O–H groups in total. The molecule has 3 heteroatoms. The summed E-state index contributed by atoms with van der Waals surface area (Å²) in [6, 6.07) is 15.8. The lowest BCUT2D eigenvalue weighted by Gasteiger charge is -2.19. The fourth-order valence-electron chi connectivity index (χ4n) is 1.99. The highest BCUT2D eigenvalue weighted by Gasteiger charge is 2.14. The molecule has 0 atom stereocenters. The van der Waals surface area contributed by atoms with E-state index in [1.807, 2.05) is 36.4 Å². The topological polar surface area (TPSA) is 33.0 Å². The fraction of sp³-hybridized carbons (Fsp3) is 0.278. The Bertz CT molecular complexity index is 680. The summed E-state index contributed by atoms with van der Waals surface area (Å²) in [6.45, 7) is 6.49. The van der Waals surface area contributed by atoms with Crippen LogP contribution in [0.1, 0.15) is 37.5 Å². The Hall–Kier alpha value is -1.79. The largest absolute Gasteiger partial charge is 0.456 e. The third kappa shape index (κ3) is 3.86. The van der Waals surface area contributed by atoms with Gasteiger partial charge in [-0.1, -0.05) is 54.9 Å². The van der Waals surface area contributed by atoms with Crippen molar-refractivity contribution in [3.05, 3.63) is 59.2 Å². The van der Waals surface area contributed by atoms with Crippen LogP contribution in [0.3, 0.4) is 0 Å². The summed E-state index contributed by atoms with van der Waals surface area (Å²) in [5, 5.41) is 9.98. The van der Waals surface area contributed by atoms with Crippen molar-refractivity contribution in [2.75, 3.05) is 0 Å². The van der Waals surface area contributed by atoms with Gasteiger partial charge in [-0.25, -0.2) is 0 Å². The predicted octanol–water partition coefficient (Wildman–Crippen LogP) is 5.54. The van der Waals surface area contributed by atoms with Gasteiger partial charge in [-0.2, -0.15) is 5.26 Å². The summed E-state index contributed by atoms with van der Waals surface area (Å²) in [5.74, 6) is 1.35. The quantitative estimate of drug-likeness (QED) is 0.685. The first-order valence-electron chi connectivity index (χ1n) is 6.81. The van der Waals surface area contributed by atoms with E-state index in [9.17, 15) is 5.26 Å². The van der Waals surface area contributed by atoms with Crippen LogP contribution in [0.2, 0.25) is 0 Å². The third-order valence-corrected chi connectivity index (χ3v) is 3.89. The van der Waals surface area contributed by atoms with E-state index in [2.05, 4.69) is 48.8 Å². The normalized spacial score (nSPS) is 11.0. The molecule has 2 nitrogen and oxygen atoms in total. The molecule has 0 bridgehead atoms. The number of benzene rings is 2. The number of rotatable bonds is 3. The van der Waals surface area contributed by atoms with Gasteiger partial charge in [-0.05, 0) is 40.8 Å². The molecule has 0 radical (unpaired) electrons. The molecule has 2 aromatic rings. The summed E-state index contributed by atoms with van der Waals surface area (Å²) < 4.78 is 5.90. The predicted molar refractivity (Wildman–Crippen MR) is 89.0 cm³/mol. The first kappa shape index (κ1) is 15.6. The van der Waals surface area contributed by atoms with E-state index in [1.54, 1.807) is 0 Å². The Morgan fingerprint density at radius 3 is 2.52 bits per heavy atom. The smallest absolute Gasteiger partial charge is 0.145 e. The van der Waals surface area contributed by atoms with Crippen molar-refractivity contribution < 1.29 is 4.74 Å². The minimum atomic E-state index is 0.0667. The average Bonchev–Trinajstić information content (AvgIpc) is 2.47. The second-order valence-corrected chi connectivity index (χ2v) is 6.52. The number of ether oxygens (including phenoxy) is 1. The summed E-state index contributed by atoms with van der Waals surface area (Å²) >= 11 is 3.39. The monoisotopic (exact) mass is 343 g/mol. The number of alkyl halides is 1. The molecule has 0 aliphatic rings. The highest BCUT2D eigenvalue weighted by atomic mass is 79.9. The molecule has 0 fully saturated rings. The van der Waals surface area contributed by atoms with E-state index < -0.39 is 0 Å². The van der Waals surface area contributed by atoms with E-state index in [0.29, 0.717) is 11.3 Å². The van der Waals surface area contributed by atoms with Gasteiger partial charge < -0.3 is 4.74 Å².